The molecule has 0 spiro atoms. The highest BCUT2D eigenvalue weighted by Crippen LogP contribution is 2.19. The SMILES string of the molecule is CC(Oc1ccc([N+](=O)[O-])cc1)C(=O)Nc1ccc(C(=O)NC(C)c2ccccc2)cc1. The van der Waals surface area contributed by atoms with Crippen LogP contribution in [0, 0.1) is 10.1 Å². The Labute approximate surface area is 185 Å². The zero-order valence-electron chi connectivity index (χ0n) is 17.6. The van der Waals surface area contributed by atoms with Crippen molar-refractivity contribution in [1.29, 1.82) is 0 Å². The lowest BCUT2D eigenvalue weighted by Gasteiger charge is -2.16. The molecule has 3 aromatic carbocycles. The van der Waals surface area contributed by atoms with Crippen LogP contribution < -0.4 is 15.4 Å². The first kappa shape index (κ1) is 22.5. The molecule has 2 amide bonds. The summed E-state index contributed by atoms with van der Waals surface area (Å²) in [6, 6.07) is 21.5. The molecule has 0 saturated heterocycles. The van der Waals surface area contributed by atoms with Crippen molar-refractivity contribution in [3.63, 3.8) is 0 Å². The minimum absolute atomic E-state index is 0.0586. The molecule has 32 heavy (non-hydrogen) atoms. The fourth-order valence-corrected chi connectivity index (χ4v) is 2.96. The number of ether oxygens (including phenoxy) is 1. The van der Waals surface area contributed by atoms with Gasteiger partial charge in [0.1, 0.15) is 5.75 Å². The predicted molar refractivity (Wildman–Crippen MR) is 121 cm³/mol. The van der Waals surface area contributed by atoms with Gasteiger partial charge < -0.3 is 15.4 Å². The maximum absolute atomic E-state index is 12.5. The largest absolute Gasteiger partial charge is 0.481 e. The van der Waals surface area contributed by atoms with Gasteiger partial charge in [0, 0.05) is 23.4 Å². The van der Waals surface area contributed by atoms with Gasteiger partial charge in [-0.1, -0.05) is 30.3 Å². The number of carbonyl (C=O) groups is 2. The zero-order chi connectivity index (χ0) is 23.1. The summed E-state index contributed by atoms with van der Waals surface area (Å²) in [6.45, 7) is 3.48. The molecule has 3 aromatic rings. The van der Waals surface area contributed by atoms with Crippen LogP contribution in [0.4, 0.5) is 11.4 Å². The minimum atomic E-state index is -0.828. The Balaban J connectivity index is 1.54. The van der Waals surface area contributed by atoms with Gasteiger partial charge in [0.25, 0.3) is 17.5 Å². The third-order valence-electron chi connectivity index (χ3n) is 4.79. The molecule has 8 heteroatoms. The Kier molecular flexibility index (Phi) is 7.17. The topological polar surface area (TPSA) is 111 Å². The molecule has 3 rings (SSSR count). The third kappa shape index (κ3) is 5.91. The summed E-state index contributed by atoms with van der Waals surface area (Å²) in [5.41, 5.74) is 1.94. The average molecular weight is 433 g/mol. The molecular weight excluding hydrogens is 410 g/mol. The molecule has 164 valence electrons. The van der Waals surface area contributed by atoms with Gasteiger partial charge in [0.15, 0.2) is 6.10 Å². The molecule has 2 atom stereocenters. The van der Waals surface area contributed by atoms with Gasteiger partial charge in [-0.25, -0.2) is 0 Å². The number of nitro benzene ring substituents is 1. The van der Waals surface area contributed by atoms with Crippen molar-refractivity contribution in [2.75, 3.05) is 5.32 Å². The van der Waals surface area contributed by atoms with Crippen LogP contribution in [0.15, 0.2) is 78.9 Å². The Bertz CT molecular complexity index is 1080. The monoisotopic (exact) mass is 433 g/mol. The van der Waals surface area contributed by atoms with Crippen molar-refractivity contribution in [2.45, 2.75) is 26.0 Å². The number of anilines is 1. The number of nitrogens with zero attached hydrogens (tertiary/aromatic N) is 1. The maximum Gasteiger partial charge on any atom is 0.269 e. The number of carbonyl (C=O) groups excluding carboxylic acids is 2. The molecule has 0 aliphatic rings. The first-order valence-corrected chi connectivity index (χ1v) is 10.0. The summed E-state index contributed by atoms with van der Waals surface area (Å²) in [4.78, 5) is 35.1. The van der Waals surface area contributed by atoms with Crippen LogP contribution in [-0.4, -0.2) is 22.8 Å². The highest BCUT2D eigenvalue weighted by molar-refractivity contribution is 5.97. The molecule has 0 radical (unpaired) electrons. The van der Waals surface area contributed by atoms with Gasteiger partial charge in [0.2, 0.25) is 0 Å². The molecule has 0 aromatic heterocycles. The van der Waals surface area contributed by atoms with Gasteiger partial charge in [-0.3, -0.25) is 19.7 Å². The minimum Gasteiger partial charge on any atom is -0.481 e. The van der Waals surface area contributed by atoms with E-state index in [-0.39, 0.29) is 17.6 Å². The molecule has 0 aliphatic heterocycles. The fourth-order valence-electron chi connectivity index (χ4n) is 2.96. The van der Waals surface area contributed by atoms with Gasteiger partial charge in [0.05, 0.1) is 11.0 Å². The second-order valence-electron chi connectivity index (χ2n) is 7.18. The van der Waals surface area contributed by atoms with E-state index in [4.69, 9.17) is 4.74 Å². The third-order valence-corrected chi connectivity index (χ3v) is 4.79. The zero-order valence-corrected chi connectivity index (χ0v) is 17.6. The second kappa shape index (κ2) is 10.2. The van der Waals surface area contributed by atoms with E-state index >= 15 is 0 Å². The van der Waals surface area contributed by atoms with Crippen molar-refractivity contribution in [1.82, 2.24) is 5.32 Å². The molecule has 0 fully saturated rings. The van der Waals surface area contributed by atoms with Gasteiger partial charge in [-0.15, -0.1) is 0 Å². The van der Waals surface area contributed by atoms with Gasteiger partial charge in [-0.05, 0) is 55.8 Å². The van der Waals surface area contributed by atoms with Crippen LogP contribution in [0.1, 0.15) is 35.8 Å². The number of nitro groups is 1. The number of hydrogen-bond donors (Lipinski definition) is 2. The molecule has 0 heterocycles. The van der Waals surface area contributed by atoms with Crippen molar-refractivity contribution >= 4 is 23.2 Å². The van der Waals surface area contributed by atoms with Crippen LogP contribution in [-0.2, 0) is 4.79 Å². The van der Waals surface area contributed by atoms with Crippen LogP contribution in [0.25, 0.3) is 0 Å². The molecule has 0 bridgehead atoms. The van der Waals surface area contributed by atoms with Crippen LogP contribution in [0.3, 0.4) is 0 Å². The van der Waals surface area contributed by atoms with Gasteiger partial charge in [-0.2, -0.15) is 0 Å². The van der Waals surface area contributed by atoms with E-state index in [1.807, 2.05) is 37.3 Å². The Hall–Kier alpha value is -4.20. The van der Waals surface area contributed by atoms with E-state index in [9.17, 15) is 19.7 Å². The summed E-state index contributed by atoms with van der Waals surface area (Å²) in [5.74, 6) is -0.259. The fraction of sp³-hybridized carbons (Fsp3) is 0.167. The van der Waals surface area contributed by atoms with Crippen LogP contribution in [0.2, 0.25) is 0 Å². The summed E-state index contributed by atoms with van der Waals surface area (Å²) in [6.07, 6.45) is -0.828. The lowest BCUT2D eigenvalue weighted by molar-refractivity contribution is -0.384. The van der Waals surface area contributed by atoms with Crippen molar-refractivity contribution in [2.24, 2.45) is 0 Å². The molecule has 8 nitrogen and oxygen atoms in total. The van der Waals surface area contributed by atoms with E-state index in [2.05, 4.69) is 10.6 Å². The maximum atomic E-state index is 12.5. The Morgan fingerprint density at radius 2 is 1.53 bits per heavy atom. The number of hydrogen-bond acceptors (Lipinski definition) is 5. The first-order chi connectivity index (χ1) is 15.3. The van der Waals surface area contributed by atoms with E-state index in [0.29, 0.717) is 17.0 Å². The predicted octanol–water partition coefficient (Wildman–Crippen LogP) is 4.49. The lowest BCUT2D eigenvalue weighted by atomic mass is 10.1. The standard InChI is InChI=1S/C24H23N3O5/c1-16(18-6-4-3-5-7-18)25-24(29)19-8-10-20(11-9-19)26-23(28)17(2)32-22-14-12-21(13-15-22)27(30)31/h3-17H,1-2H3,(H,25,29)(H,26,28). The highest BCUT2D eigenvalue weighted by atomic mass is 16.6. The average Bonchev–Trinajstić information content (AvgIpc) is 2.80. The van der Waals surface area contributed by atoms with Crippen molar-refractivity contribution < 1.29 is 19.2 Å². The number of nitrogens with one attached hydrogen (secondary N) is 2. The molecule has 2 N–H and O–H groups in total. The van der Waals surface area contributed by atoms with E-state index in [1.54, 1.807) is 31.2 Å². The summed E-state index contributed by atoms with van der Waals surface area (Å²) >= 11 is 0. The number of rotatable bonds is 8. The summed E-state index contributed by atoms with van der Waals surface area (Å²) in [5, 5.41) is 16.4. The van der Waals surface area contributed by atoms with Crippen molar-refractivity contribution in [3.05, 3.63) is 100 Å². The van der Waals surface area contributed by atoms with Crippen LogP contribution >= 0.6 is 0 Å². The normalized spacial score (nSPS) is 12.3. The molecular formula is C24H23N3O5. The number of benzene rings is 3. The van der Waals surface area contributed by atoms with Crippen molar-refractivity contribution in [3.8, 4) is 5.75 Å². The van der Waals surface area contributed by atoms with E-state index in [1.165, 1.54) is 24.3 Å². The first-order valence-electron chi connectivity index (χ1n) is 10.0. The van der Waals surface area contributed by atoms with Gasteiger partial charge >= 0.3 is 0 Å². The van der Waals surface area contributed by atoms with E-state index < -0.39 is 16.9 Å². The Morgan fingerprint density at radius 3 is 2.12 bits per heavy atom. The summed E-state index contributed by atoms with van der Waals surface area (Å²) in [7, 11) is 0. The summed E-state index contributed by atoms with van der Waals surface area (Å²) < 4.78 is 5.53. The van der Waals surface area contributed by atoms with E-state index in [0.717, 1.165) is 5.56 Å². The highest BCUT2D eigenvalue weighted by Gasteiger charge is 2.16. The molecule has 2 unspecified atom stereocenters. The Morgan fingerprint density at radius 1 is 0.906 bits per heavy atom. The molecule has 0 aliphatic carbocycles. The number of non-ortho nitro benzene ring substituents is 1. The lowest BCUT2D eigenvalue weighted by Crippen LogP contribution is -2.30. The smallest absolute Gasteiger partial charge is 0.269 e. The molecule has 0 saturated carbocycles. The quantitative estimate of drug-likeness (QED) is 0.402. The van der Waals surface area contributed by atoms with Crippen LogP contribution in [0.5, 0.6) is 5.75 Å². The number of amides is 2. The second-order valence-corrected chi connectivity index (χ2v) is 7.18.